The summed E-state index contributed by atoms with van der Waals surface area (Å²) in [6.45, 7) is 2.28. The van der Waals surface area contributed by atoms with Crippen LogP contribution in [0.1, 0.15) is 28.4 Å². The van der Waals surface area contributed by atoms with Gasteiger partial charge < -0.3 is 18.9 Å². The van der Waals surface area contributed by atoms with Crippen molar-refractivity contribution in [2.45, 2.75) is 13.5 Å². The highest BCUT2D eigenvalue weighted by atomic mass is 16.6. The van der Waals surface area contributed by atoms with E-state index < -0.39 is 6.09 Å². The summed E-state index contributed by atoms with van der Waals surface area (Å²) in [5.74, 6) is 0.685. The van der Waals surface area contributed by atoms with E-state index in [1.165, 1.54) is 20.4 Å². The number of methoxy groups -OCH3 is 2. The lowest BCUT2D eigenvalue weighted by Crippen LogP contribution is -2.18. The van der Waals surface area contributed by atoms with E-state index in [4.69, 9.17) is 14.2 Å². The standard InChI is InChI=1S/C20H22N2O6/c1-4-27-20(24)22-21-12-15-7-10-17(18(11-15)25-2)28-13-14-5-8-16(9-6-14)19(23)26-3/h5-12H,4,13H2,1-3H3,(H,22,24). The summed E-state index contributed by atoms with van der Waals surface area (Å²) in [7, 11) is 2.87. The van der Waals surface area contributed by atoms with E-state index in [1.54, 1.807) is 49.4 Å². The molecular weight excluding hydrogens is 364 g/mol. The predicted molar refractivity (Wildman–Crippen MR) is 103 cm³/mol. The van der Waals surface area contributed by atoms with Gasteiger partial charge in [-0.25, -0.2) is 15.0 Å². The van der Waals surface area contributed by atoms with E-state index >= 15 is 0 Å². The SMILES string of the molecule is CCOC(=O)NN=Cc1ccc(OCc2ccc(C(=O)OC)cc2)c(OC)c1. The molecule has 0 radical (unpaired) electrons. The van der Waals surface area contributed by atoms with Crippen molar-refractivity contribution in [3.8, 4) is 11.5 Å². The van der Waals surface area contributed by atoms with Crippen molar-refractivity contribution in [2.75, 3.05) is 20.8 Å². The Kier molecular flexibility index (Phi) is 7.83. The number of rotatable bonds is 8. The molecule has 1 N–H and O–H groups in total. The largest absolute Gasteiger partial charge is 0.493 e. The van der Waals surface area contributed by atoms with E-state index in [0.717, 1.165) is 5.56 Å². The van der Waals surface area contributed by atoms with Crippen molar-refractivity contribution in [3.05, 3.63) is 59.2 Å². The third-order valence-electron chi connectivity index (χ3n) is 3.60. The number of esters is 1. The number of hydrogen-bond acceptors (Lipinski definition) is 7. The molecule has 2 rings (SSSR count). The molecule has 2 aromatic rings. The molecule has 28 heavy (non-hydrogen) atoms. The third-order valence-corrected chi connectivity index (χ3v) is 3.60. The molecule has 0 saturated carbocycles. The molecule has 0 bridgehead atoms. The zero-order chi connectivity index (χ0) is 20.4. The molecule has 0 aliphatic carbocycles. The highest BCUT2D eigenvalue weighted by Crippen LogP contribution is 2.28. The van der Waals surface area contributed by atoms with Crippen LogP contribution in [0.25, 0.3) is 0 Å². The molecule has 2 aromatic carbocycles. The van der Waals surface area contributed by atoms with Crippen LogP contribution in [-0.4, -0.2) is 39.1 Å². The molecule has 8 heteroatoms. The fraction of sp³-hybridized carbons (Fsp3) is 0.250. The fourth-order valence-corrected chi connectivity index (χ4v) is 2.22. The second kappa shape index (κ2) is 10.6. The van der Waals surface area contributed by atoms with Crippen molar-refractivity contribution in [2.24, 2.45) is 5.10 Å². The average molecular weight is 386 g/mol. The molecule has 0 atom stereocenters. The second-order valence-electron chi connectivity index (χ2n) is 5.48. The Hall–Kier alpha value is -3.55. The van der Waals surface area contributed by atoms with Gasteiger partial charge in [-0.1, -0.05) is 12.1 Å². The zero-order valence-corrected chi connectivity index (χ0v) is 15.9. The minimum absolute atomic E-state index is 0.270. The summed E-state index contributed by atoms with van der Waals surface area (Å²) >= 11 is 0. The number of nitrogens with zero attached hydrogens (tertiary/aromatic N) is 1. The van der Waals surface area contributed by atoms with Crippen molar-refractivity contribution < 1.29 is 28.5 Å². The lowest BCUT2D eigenvalue weighted by Gasteiger charge is -2.11. The minimum atomic E-state index is -0.621. The average Bonchev–Trinajstić information content (AvgIpc) is 2.72. The summed E-state index contributed by atoms with van der Waals surface area (Å²) < 4.78 is 20.5. The van der Waals surface area contributed by atoms with Crippen LogP contribution in [0.4, 0.5) is 4.79 Å². The van der Waals surface area contributed by atoms with Crippen molar-refractivity contribution in [3.63, 3.8) is 0 Å². The van der Waals surface area contributed by atoms with Gasteiger partial charge in [0.25, 0.3) is 0 Å². The quantitative estimate of drug-likeness (QED) is 0.425. The van der Waals surface area contributed by atoms with Crippen LogP contribution in [0.5, 0.6) is 11.5 Å². The van der Waals surface area contributed by atoms with Gasteiger partial charge in [0.15, 0.2) is 11.5 Å². The number of carbonyl (C=O) groups excluding carboxylic acids is 2. The monoisotopic (exact) mass is 386 g/mol. The first-order chi connectivity index (χ1) is 13.6. The number of hydrazone groups is 1. The molecule has 0 unspecified atom stereocenters. The zero-order valence-electron chi connectivity index (χ0n) is 15.9. The fourth-order valence-electron chi connectivity index (χ4n) is 2.22. The van der Waals surface area contributed by atoms with Gasteiger partial charge in [0.2, 0.25) is 0 Å². The highest BCUT2D eigenvalue weighted by Gasteiger charge is 2.08. The Morgan fingerprint density at radius 1 is 1.07 bits per heavy atom. The molecule has 8 nitrogen and oxygen atoms in total. The molecule has 0 saturated heterocycles. The van der Waals surface area contributed by atoms with E-state index in [9.17, 15) is 9.59 Å². The summed E-state index contributed by atoms with van der Waals surface area (Å²) in [6.07, 6.45) is 0.846. The minimum Gasteiger partial charge on any atom is -0.493 e. The van der Waals surface area contributed by atoms with Gasteiger partial charge in [0, 0.05) is 0 Å². The Balaban J connectivity index is 1.99. The van der Waals surface area contributed by atoms with Crippen LogP contribution in [-0.2, 0) is 16.1 Å². The maximum absolute atomic E-state index is 11.5. The number of carbonyl (C=O) groups is 2. The van der Waals surface area contributed by atoms with Crippen LogP contribution < -0.4 is 14.9 Å². The van der Waals surface area contributed by atoms with E-state index in [1.807, 2.05) is 0 Å². The van der Waals surface area contributed by atoms with Gasteiger partial charge in [-0.15, -0.1) is 0 Å². The van der Waals surface area contributed by atoms with Gasteiger partial charge >= 0.3 is 12.1 Å². The van der Waals surface area contributed by atoms with Crippen molar-refractivity contribution in [1.82, 2.24) is 5.43 Å². The van der Waals surface area contributed by atoms with Gasteiger partial charge in [-0.2, -0.15) is 5.10 Å². The molecule has 0 spiro atoms. The Bertz CT molecular complexity index is 833. The molecule has 0 fully saturated rings. The second-order valence-corrected chi connectivity index (χ2v) is 5.48. The molecule has 0 aromatic heterocycles. The Morgan fingerprint density at radius 3 is 2.46 bits per heavy atom. The van der Waals surface area contributed by atoms with E-state index in [2.05, 4.69) is 15.3 Å². The van der Waals surface area contributed by atoms with Gasteiger partial charge in [-0.05, 0) is 48.4 Å². The summed E-state index contributed by atoms with van der Waals surface area (Å²) in [5, 5.41) is 3.80. The van der Waals surface area contributed by atoms with E-state index in [0.29, 0.717) is 29.2 Å². The third kappa shape index (κ3) is 6.01. The van der Waals surface area contributed by atoms with Gasteiger partial charge in [0.05, 0.1) is 32.6 Å². The first-order valence-corrected chi connectivity index (χ1v) is 8.51. The Morgan fingerprint density at radius 2 is 1.82 bits per heavy atom. The topological polar surface area (TPSA) is 95.5 Å². The van der Waals surface area contributed by atoms with Crippen LogP contribution in [0.15, 0.2) is 47.6 Å². The number of hydrogen-bond donors (Lipinski definition) is 1. The van der Waals surface area contributed by atoms with Gasteiger partial charge in [0.1, 0.15) is 6.61 Å². The van der Waals surface area contributed by atoms with Gasteiger partial charge in [-0.3, -0.25) is 0 Å². The number of amides is 1. The first-order valence-electron chi connectivity index (χ1n) is 8.51. The van der Waals surface area contributed by atoms with Crippen LogP contribution in [0, 0.1) is 0 Å². The molecule has 0 aliphatic heterocycles. The lowest BCUT2D eigenvalue weighted by molar-refractivity contribution is 0.0600. The first kappa shape index (κ1) is 20.8. The number of benzene rings is 2. The summed E-state index contributed by atoms with van der Waals surface area (Å²) in [5.41, 5.74) is 4.33. The molecule has 148 valence electrons. The summed E-state index contributed by atoms with van der Waals surface area (Å²) in [4.78, 5) is 22.6. The molecule has 1 amide bonds. The van der Waals surface area contributed by atoms with Crippen molar-refractivity contribution in [1.29, 1.82) is 0 Å². The number of ether oxygens (including phenoxy) is 4. The van der Waals surface area contributed by atoms with Crippen LogP contribution >= 0.6 is 0 Å². The molecular formula is C20H22N2O6. The van der Waals surface area contributed by atoms with E-state index in [-0.39, 0.29) is 12.6 Å². The normalized spacial score (nSPS) is 10.4. The Labute approximate surface area is 163 Å². The smallest absolute Gasteiger partial charge is 0.427 e. The van der Waals surface area contributed by atoms with Crippen LogP contribution in [0.3, 0.4) is 0 Å². The molecule has 0 heterocycles. The summed E-state index contributed by atoms with van der Waals surface area (Å²) in [6, 6.07) is 12.2. The number of nitrogens with one attached hydrogen (secondary N) is 1. The lowest BCUT2D eigenvalue weighted by atomic mass is 10.1. The highest BCUT2D eigenvalue weighted by molar-refractivity contribution is 5.89. The van der Waals surface area contributed by atoms with Crippen molar-refractivity contribution >= 4 is 18.3 Å². The maximum Gasteiger partial charge on any atom is 0.427 e. The molecule has 0 aliphatic rings. The van der Waals surface area contributed by atoms with Crippen LogP contribution in [0.2, 0.25) is 0 Å². The maximum atomic E-state index is 11.5. The predicted octanol–water partition coefficient (Wildman–Crippen LogP) is 3.14.